The summed E-state index contributed by atoms with van der Waals surface area (Å²) in [6, 6.07) is 8.41. The minimum Gasteiger partial charge on any atom is -0.294 e. The van der Waals surface area contributed by atoms with Gasteiger partial charge in [-0.15, -0.1) is 0 Å². The number of aromatic amines is 1. The summed E-state index contributed by atoms with van der Waals surface area (Å²) < 4.78 is 0. The van der Waals surface area contributed by atoms with Gasteiger partial charge in [0, 0.05) is 12.1 Å². The molecule has 2 aromatic rings. The van der Waals surface area contributed by atoms with Gasteiger partial charge >= 0.3 is 0 Å². The highest BCUT2D eigenvalue weighted by Crippen LogP contribution is 2.33. The molecule has 0 bridgehead atoms. The molecule has 0 fully saturated rings. The molecule has 18 heavy (non-hydrogen) atoms. The average Bonchev–Trinajstić information content (AvgIpc) is 2.71. The van der Waals surface area contributed by atoms with Gasteiger partial charge in [0.05, 0.1) is 11.3 Å². The van der Waals surface area contributed by atoms with Crippen LogP contribution in [-0.2, 0) is 6.42 Å². The molecule has 1 aromatic heterocycles. The first-order valence-corrected chi connectivity index (χ1v) is 6.28. The van der Waals surface area contributed by atoms with Gasteiger partial charge in [0.1, 0.15) is 0 Å². The summed E-state index contributed by atoms with van der Waals surface area (Å²) in [5.74, 6) is 0.488. The number of aryl methyl sites for hydroxylation is 2. The van der Waals surface area contributed by atoms with Crippen LogP contribution in [0.1, 0.15) is 45.2 Å². The second-order valence-electron chi connectivity index (χ2n) is 5.11. The van der Waals surface area contributed by atoms with Crippen LogP contribution in [0.15, 0.2) is 24.3 Å². The lowest BCUT2D eigenvalue weighted by Crippen LogP contribution is -2.18. The van der Waals surface area contributed by atoms with E-state index in [-0.39, 0.29) is 11.7 Å². The zero-order valence-electron chi connectivity index (χ0n) is 10.7. The SMILES string of the molecule is Cc1cccc([C@H]2CC(=O)c3c(n[nH]c3C)C2)c1. The Hall–Kier alpha value is -1.90. The summed E-state index contributed by atoms with van der Waals surface area (Å²) in [7, 11) is 0. The zero-order valence-corrected chi connectivity index (χ0v) is 10.7. The Kier molecular flexibility index (Phi) is 2.54. The minimum atomic E-state index is 0.217. The highest BCUT2D eigenvalue weighted by molar-refractivity contribution is 5.99. The first-order valence-electron chi connectivity index (χ1n) is 6.28. The van der Waals surface area contributed by atoms with Crippen molar-refractivity contribution >= 4 is 5.78 Å². The minimum absolute atomic E-state index is 0.217. The van der Waals surface area contributed by atoms with Crippen molar-refractivity contribution in [1.82, 2.24) is 10.2 Å². The highest BCUT2D eigenvalue weighted by Gasteiger charge is 2.29. The number of rotatable bonds is 1. The number of Topliss-reactive ketones (excluding diaryl/α,β-unsaturated/α-hetero) is 1. The van der Waals surface area contributed by atoms with Gasteiger partial charge in [-0.3, -0.25) is 9.89 Å². The average molecular weight is 240 g/mol. The summed E-state index contributed by atoms with van der Waals surface area (Å²) in [6.45, 7) is 4.00. The molecule has 1 atom stereocenters. The first kappa shape index (κ1) is 11.2. The fraction of sp³-hybridized carbons (Fsp3) is 0.333. The Morgan fingerprint density at radius 1 is 1.28 bits per heavy atom. The van der Waals surface area contributed by atoms with Crippen molar-refractivity contribution in [2.75, 3.05) is 0 Å². The largest absolute Gasteiger partial charge is 0.294 e. The van der Waals surface area contributed by atoms with Gasteiger partial charge in [-0.05, 0) is 31.7 Å². The van der Waals surface area contributed by atoms with Crippen molar-refractivity contribution in [3.05, 3.63) is 52.3 Å². The van der Waals surface area contributed by atoms with Crippen molar-refractivity contribution in [2.24, 2.45) is 0 Å². The summed E-state index contributed by atoms with van der Waals surface area (Å²) in [5, 5.41) is 7.18. The Labute approximate surface area is 106 Å². The molecule has 92 valence electrons. The maximum atomic E-state index is 12.2. The molecule has 0 aliphatic heterocycles. The fourth-order valence-electron chi connectivity index (χ4n) is 2.79. The predicted octanol–water partition coefficient (Wildman–Crippen LogP) is 2.94. The van der Waals surface area contributed by atoms with E-state index in [2.05, 4.69) is 41.4 Å². The number of aromatic nitrogens is 2. The summed E-state index contributed by atoms with van der Waals surface area (Å²) in [5.41, 5.74) is 5.13. The molecular weight excluding hydrogens is 224 g/mol. The van der Waals surface area contributed by atoms with Gasteiger partial charge in [0.15, 0.2) is 5.78 Å². The molecule has 0 amide bonds. The van der Waals surface area contributed by atoms with E-state index >= 15 is 0 Å². The van der Waals surface area contributed by atoms with Gasteiger partial charge in [-0.1, -0.05) is 29.8 Å². The monoisotopic (exact) mass is 240 g/mol. The lowest BCUT2D eigenvalue weighted by atomic mass is 9.81. The predicted molar refractivity (Wildman–Crippen MR) is 69.9 cm³/mol. The van der Waals surface area contributed by atoms with Crippen LogP contribution in [0.4, 0.5) is 0 Å². The molecule has 0 unspecified atom stereocenters. The van der Waals surface area contributed by atoms with E-state index < -0.39 is 0 Å². The zero-order chi connectivity index (χ0) is 12.7. The Morgan fingerprint density at radius 3 is 2.89 bits per heavy atom. The van der Waals surface area contributed by atoms with E-state index in [0.717, 1.165) is 23.4 Å². The third-order valence-electron chi connectivity index (χ3n) is 3.69. The topological polar surface area (TPSA) is 45.8 Å². The van der Waals surface area contributed by atoms with Gasteiger partial charge in [0.2, 0.25) is 0 Å². The maximum Gasteiger partial charge on any atom is 0.167 e. The lowest BCUT2D eigenvalue weighted by molar-refractivity contribution is 0.0963. The number of hydrogen-bond acceptors (Lipinski definition) is 2. The van der Waals surface area contributed by atoms with Crippen LogP contribution in [-0.4, -0.2) is 16.0 Å². The molecule has 3 nitrogen and oxygen atoms in total. The maximum absolute atomic E-state index is 12.2. The van der Waals surface area contributed by atoms with Crippen LogP contribution in [0.2, 0.25) is 0 Å². The molecule has 1 heterocycles. The van der Waals surface area contributed by atoms with Crippen molar-refractivity contribution < 1.29 is 4.79 Å². The molecule has 0 radical (unpaired) electrons. The van der Waals surface area contributed by atoms with Gasteiger partial charge in [-0.2, -0.15) is 5.10 Å². The third-order valence-corrected chi connectivity index (χ3v) is 3.69. The summed E-state index contributed by atoms with van der Waals surface area (Å²) >= 11 is 0. The van der Waals surface area contributed by atoms with Crippen LogP contribution < -0.4 is 0 Å². The normalized spacial score (nSPS) is 18.8. The molecular formula is C15H16N2O. The van der Waals surface area contributed by atoms with Crippen molar-refractivity contribution in [1.29, 1.82) is 0 Å². The van der Waals surface area contributed by atoms with Crippen molar-refractivity contribution in [3.8, 4) is 0 Å². The van der Waals surface area contributed by atoms with Gasteiger partial charge < -0.3 is 0 Å². The van der Waals surface area contributed by atoms with Crippen LogP contribution in [0.3, 0.4) is 0 Å². The number of fused-ring (bicyclic) bond motifs is 1. The van der Waals surface area contributed by atoms with Crippen LogP contribution in [0.5, 0.6) is 0 Å². The lowest BCUT2D eigenvalue weighted by Gasteiger charge is -2.21. The first-order chi connectivity index (χ1) is 8.65. The van der Waals surface area contributed by atoms with E-state index in [9.17, 15) is 4.79 Å². The van der Waals surface area contributed by atoms with Crippen LogP contribution in [0.25, 0.3) is 0 Å². The van der Waals surface area contributed by atoms with Gasteiger partial charge in [-0.25, -0.2) is 0 Å². The molecule has 0 saturated heterocycles. The Bertz CT molecular complexity index is 613. The van der Waals surface area contributed by atoms with E-state index in [1.165, 1.54) is 11.1 Å². The van der Waals surface area contributed by atoms with E-state index in [4.69, 9.17) is 0 Å². The standard InChI is InChI=1S/C15H16N2O/c1-9-4-3-5-11(6-9)12-7-13-15(14(18)8-12)10(2)16-17-13/h3-6,12H,7-8H2,1-2H3,(H,16,17)/t12-/m1/s1. The number of hydrogen-bond donors (Lipinski definition) is 1. The smallest absolute Gasteiger partial charge is 0.167 e. The van der Waals surface area contributed by atoms with Crippen LogP contribution in [0, 0.1) is 13.8 Å². The summed E-state index contributed by atoms with van der Waals surface area (Å²) in [6.07, 6.45) is 1.45. The molecule has 1 N–H and O–H groups in total. The number of H-pyrrole nitrogens is 1. The molecule has 3 heteroatoms. The van der Waals surface area contributed by atoms with Crippen LogP contribution >= 0.6 is 0 Å². The van der Waals surface area contributed by atoms with E-state index in [0.29, 0.717) is 6.42 Å². The Morgan fingerprint density at radius 2 is 2.11 bits per heavy atom. The molecule has 3 rings (SSSR count). The second kappa shape index (κ2) is 4.09. The number of benzene rings is 1. The molecule has 1 aliphatic carbocycles. The number of carbonyl (C=O) groups is 1. The summed E-state index contributed by atoms with van der Waals surface area (Å²) in [4.78, 5) is 12.2. The fourth-order valence-corrected chi connectivity index (χ4v) is 2.79. The molecule has 1 aliphatic rings. The molecule has 0 spiro atoms. The number of carbonyl (C=O) groups excluding carboxylic acids is 1. The quantitative estimate of drug-likeness (QED) is 0.833. The number of ketones is 1. The highest BCUT2D eigenvalue weighted by atomic mass is 16.1. The molecule has 0 saturated carbocycles. The number of nitrogens with zero attached hydrogens (tertiary/aromatic N) is 1. The van der Waals surface area contributed by atoms with E-state index in [1.807, 2.05) is 6.92 Å². The van der Waals surface area contributed by atoms with E-state index in [1.54, 1.807) is 0 Å². The number of nitrogens with one attached hydrogen (secondary N) is 1. The van der Waals surface area contributed by atoms with Crippen molar-refractivity contribution in [2.45, 2.75) is 32.6 Å². The molecule has 1 aromatic carbocycles. The third kappa shape index (κ3) is 1.76. The second-order valence-corrected chi connectivity index (χ2v) is 5.11. The van der Waals surface area contributed by atoms with Gasteiger partial charge in [0.25, 0.3) is 0 Å². The Balaban J connectivity index is 1.97. The van der Waals surface area contributed by atoms with Crippen molar-refractivity contribution in [3.63, 3.8) is 0 Å².